The van der Waals surface area contributed by atoms with Gasteiger partial charge in [-0.2, -0.15) is 0 Å². The summed E-state index contributed by atoms with van der Waals surface area (Å²) in [5.74, 6) is 0.218. The minimum atomic E-state index is -0.153. The van der Waals surface area contributed by atoms with Crippen molar-refractivity contribution in [3.8, 4) is 0 Å². The van der Waals surface area contributed by atoms with Crippen molar-refractivity contribution in [2.45, 2.75) is 12.8 Å². The van der Waals surface area contributed by atoms with Crippen LogP contribution in [0.5, 0.6) is 0 Å². The number of carbonyl (C=O) groups is 1. The second kappa shape index (κ2) is 6.27. The van der Waals surface area contributed by atoms with E-state index in [1.54, 1.807) is 6.07 Å². The summed E-state index contributed by atoms with van der Waals surface area (Å²) in [5.41, 5.74) is 2.03. The van der Waals surface area contributed by atoms with Gasteiger partial charge >= 0.3 is 0 Å². The summed E-state index contributed by atoms with van der Waals surface area (Å²) in [6.07, 6.45) is 1.87. The molecule has 0 fully saturated rings. The molecule has 3 heteroatoms. The zero-order valence-electron chi connectivity index (χ0n) is 11.7. The van der Waals surface area contributed by atoms with Crippen LogP contribution >= 0.6 is 0 Å². The van der Waals surface area contributed by atoms with Crippen LogP contribution in [-0.2, 0) is 6.42 Å². The van der Waals surface area contributed by atoms with Crippen molar-refractivity contribution in [1.82, 2.24) is 5.32 Å². The highest BCUT2D eigenvalue weighted by Gasteiger charge is 2.10. The van der Waals surface area contributed by atoms with Gasteiger partial charge in [0, 0.05) is 11.9 Å². The molecule has 1 heterocycles. The molecule has 0 aliphatic carbocycles. The third-order valence-electron chi connectivity index (χ3n) is 3.42. The lowest BCUT2D eigenvalue weighted by Crippen LogP contribution is -2.24. The maximum absolute atomic E-state index is 12.0. The zero-order chi connectivity index (χ0) is 14.5. The monoisotopic (exact) mass is 279 g/mol. The Morgan fingerprint density at radius 2 is 1.76 bits per heavy atom. The van der Waals surface area contributed by atoms with Gasteiger partial charge < -0.3 is 9.73 Å². The Balaban J connectivity index is 1.52. The Bertz CT molecular complexity index is 698. The average Bonchev–Trinajstić information content (AvgIpc) is 2.96. The van der Waals surface area contributed by atoms with E-state index in [0.29, 0.717) is 12.3 Å². The van der Waals surface area contributed by atoms with Gasteiger partial charge in [-0.15, -0.1) is 0 Å². The second-order valence-corrected chi connectivity index (χ2v) is 4.99. The summed E-state index contributed by atoms with van der Waals surface area (Å²) in [7, 11) is 0. The molecule has 2 aromatic carbocycles. The van der Waals surface area contributed by atoms with Crippen molar-refractivity contribution in [2.24, 2.45) is 0 Å². The number of para-hydroxylation sites is 1. The van der Waals surface area contributed by atoms with Crippen LogP contribution < -0.4 is 5.32 Å². The van der Waals surface area contributed by atoms with Crippen LogP contribution in [0.2, 0.25) is 0 Å². The Labute approximate surface area is 123 Å². The lowest BCUT2D eigenvalue weighted by atomic mass is 10.1. The van der Waals surface area contributed by atoms with Gasteiger partial charge in [0.15, 0.2) is 5.76 Å². The first-order valence-electron chi connectivity index (χ1n) is 7.13. The highest BCUT2D eigenvalue weighted by molar-refractivity contribution is 5.95. The third-order valence-corrected chi connectivity index (χ3v) is 3.42. The molecule has 1 N–H and O–H groups in total. The Kier molecular flexibility index (Phi) is 4.01. The molecule has 0 bridgehead atoms. The van der Waals surface area contributed by atoms with Crippen LogP contribution in [0.1, 0.15) is 22.5 Å². The summed E-state index contributed by atoms with van der Waals surface area (Å²) in [5, 5.41) is 3.85. The molecular formula is C18H17NO2. The molecule has 3 aromatic rings. The van der Waals surface area contributed by atoms with E-state index in [1.165, 1.54) is 5.56 Å². The Hall–Kier alpha value is -2.55. The summed E-state index contributed by atoms with van der Waals surface area (Å²) >= 11 is 0. The van der Waals surface area contributed by atoms with Gasteiger partial charge in [-0.3, -0.25) is 4.79 Å². The number of nitrogens with one attached hydrogen (secondary N) is 1. The van der Waals surface area contributed by atoms with E-state index in [4.69, 9.17) is 4.42 Å². The lowest BCUT2D eigenvalue weighted by Gasteiger charge is -2.03. The van der Waals surface area contributed by atoms with E-state index in [0.717, 1.165) is 23.8 Å². The van der Waals surface area contributed by atoms with Crippen molar-refractivity contribution in [1.29, 1.82) is 0 Å². The summed E-state index contributed by atoms with van der Waals surface area (Å²) in [4.78, 5) is 12.0. The maximum Gasteiger partial charge on any atom is 0.287 e. The number of hydrogen-bond acceptors (Lipinski definition) is 2. The second-order valence-electron chi connectivity index (χ2n) is 4.99. The van der Waals surface area contributed by atoms with Gasteiger partial charge in [-0.05, 0) is 30.5 Å². The summed E-state index contributed by atoms with van der Waals surface area (Å²) < 4.78 is 5.53. The minimum absolute atomic E-state index is 0.153. The molecule has 0 unspecified atom stereocenters. The molecule has 1 aromatic heterocycles. The van der Waals surface area contributed by atoms with Gasteiger partial charge in [0.1, 0.15) is 5.58 Å². The van der Waals surface area contributed by atoms with Gasteiger partial charge in [0.05, 0.1) is 0 Å². The fourth-order valence-electron chi connectivity index (χ4n) is 2.32. The van der Waals surface area contributed by atoms with Crippen LogP contribution in [0.25, 0.3) is 11.0 Å². The molecule has 21 heavy (non-hydrogen) atoms. The van der Waals surface area contributed by atoms with Gasteiger partial charge in [0.2, 0.25) is 0 Å². The normalized spacial score (nSPS) is 10.7. The maximum atomic E-state index is 12.0. The molecule has 1 amide bonds. The largest absolute Gasteiger partial charge is 0.451 e. The number of rotatable bonds is 5. The van der Waals surface area contributed by atoms with Crippen LogP contribution in [0.3, 0.4) is 0 Å². The Morgan fingerprint density at radius 1 is 1.00 bits per heavy atom. The van der Waals surface area contributed by atoms with E-state index >= 15 is 0 Å². The molecule has 0 atom stereocenters. The lowest BCUT2D eigenvalue weighted by molar-refractivity contribution is 0.0927. The zero-order valence-corrected chi connectivity index (χ0v) is 11.7. The number of fused-ring (bicyclic) bond motifs is 1. The topological polar surface area (TPSA) is 42.2 Å². The minimum Gasteiger partial charge on any atom is -0.451 e. The van der Waals surface area contributed by atoms with Crippen molar-refractivity contribution in [3.05, 3.63) is 72.0 Å². The van der Waals surface area contributed by atoms with E-state index in [9.17, 15) is 4.79 Å². The molecule has 0 saturated heterocycles. The molecule has 3 nitrogen and oxygen atoms in total. The molecule has 0 saturated carbocycles. The fourth-order valence-corrected chi connectivity index (χ4v) is 2.32. The van der Waals surface area contributed by atoms with Gasteiger partial charge in [-0.25, -0.2) is 0 Å². The molecule has 0 aliphatic heterocycles. The van der Waals surface area contributed by atoms with Gasteiger partial charge in [0.25, 0.3) is 5.91 Å². The van der Waals surface area contributed by atoms with Crippen LogP contribution in [-0.4, -0.2) is 12.5 Å². The van der Waals surface area contributed by atoms with Gasteiger partial charge in [-0.1, -0.05) is 48.5 Å². The van der Waals surface area contributed by atoms with Crippen molar-refractivity contribution < 1.29 is 9.21 Å². The summed E-state index contributed by atoms with van der Waals surface area (Å²) in [6.45, 7) is 0.644. The number of amides is 1. The molecule has 3 rings (SSSR count). The molecule has 0 radical (unpaired) electrons. The first-order valence-corrected chi connectivity index (χ1v) is 7.13. The summed E-state index contributed by atoms with van der Waals surface area (Å²) in [6, 6.07) is 19.7. The number of hydrogen-bond donors (Lipinski definition) is 1. The van der Waals surface area contributed by atoms with Crippen LogP contribution in [0.15, 0.2) is 65.1 Å². The average molecular weight is 279 g/mol. The first kappa shape index (κ1) is 13.4. The molecule has 106 valence electrons. The number of aryl methyl sites for hydroxylation is 1. The van der Waals surface area contributed by atoms with E-state index < -0.39 is 0 Å². The standard InChI is InChI=1S/C18H17NO2/c20-18(17-13-15-10-4-5-11-16(15)21-17)19-12-6-9-14-7-2-1-3-8-14/h1-5,7-8,10-11,13H,6,9,12H2,(H,19,20). The van der Waals surface area contributed by atoms with E-state index in [-0.39, 0.29) is 5.91 Å². The third kappa shape index (κ3) is 3.31. The fraction of sp³-hybridized carbons (Fsp3) is 0.167. The number of benzene rings is 2. The highest BCUT2D eigenvalue weighted by atomic mass is 16.3. The van der Waals surface area contributed by atoms with Crippen molar-refractivity contribution in [3.63, 3.8) is 0 Å². The van der Waals surface area contributed by atoms with Crippen molar-refractivity contribution >= 4 is 16.9 Å². The van der Waals surface area contributed by atoms with E-state index in [1.807, 2.05) is 42.5 Å². The predicted octanol–water partition coefficient (Wildman–Crippen LogP) is 3.80. The molecule has 0 aliphatic rings. The smallest absolute Gasteiger partial charge is 0.287 e. The van der Waals surface area contributed by atoms with Crippen LogP contribution in [0, 0.1) is 0 Å². The Morgan fingerprint density at radius 3 is 2.57 bits per heavy atom. The number of carbonyl (C=O) groups excluding carboxylic acids is 1. The SMILES string of the molecule is O=C(NCCCc1ccccc1)c1cc2ccccc2o1. The molecule has 0 spiro atoms. The highest BCUT2D eigenvalue weighted by Crippen LogP contribution is 2.18. The first-order chi connectivity index (χ1) is 10.3. The quantitative estimate of drug-likeness (QED) is 0.722. The predicted molar refractivity (Wildman–Crippen MR) is 83.3 cm³/mol. The van der Waals surface area contributed by atoms with Crippen molar-refractivity contribution in [2.75, 3.05) is 6.54 Å². The van der Waals surface area contributed by atoms with Crippen LogP contribution in [0.4, 0.5) is 0 Å². The number of furan rings is 1. The molecular weight excluding hydrogens is 262 g/mol. The van der Waals surface area contributed by atoms with E-state index in [2.05, 4.69) is 17.4 Å².